The molecular weight excluding hydrogens is 314 g/mol. The second-order valence-electron chi connectivity index (χ2n) is 6.37. The van der Waals surface area contributed by atoms with E-state index in [1.165, 1.54) is 24.0 Å². The van der Waals surface area contributed by atoms with Crippen LogP contribution in [-0.2, 0) is 17.6 Å². The smallest absolute Gasteiger partial charge is 0.265 e. The summed E-state index contributed by atoms with van der Waals surface area (Å²) in [5, 5.41) is 2.91. The van der Waals surface area contributed by atoms with E-state index < -0.39 is 6.10 Å². The van der Waals surface area contributed by atoms with Gasteiger partial charge in [0.25, 0.3) is 5.91 Å². The molecule has 4 heteroatoms. The van der Waals surface area contributed by atoms with Crippen LogP contribution in [0.25, 0.3) is 0 Å². The molecule has 0 heterocycles. The summed E-state index contributed by atoms with van der Waals surface area (Å²) in [6, 6.07) is 13.5. The summed E-state index contributed by atoms with van der Waals surface area (Å²) in [6.07, 6.45) is 4.83. The highest BCUT2D eigenvalue weighted by Crippen LogP contribution is 2.26. The third-order valence-electron chi connectivity index (χ3n) is 4.62. The first-order chi connectivity index (χ1) is 12.2. The van der Waals surface area contributed by atoms with Crippen molar-refractivity contribution in [3.8, 4) is 11.5 Å². The maximum absolute atomic E-state index is 12.5. The number of nitrogens with one attached hydrogen (secondary N) is 1. The highest BCUT2D eigenvalue weighted by molar-refractivity contribution is 5.94. The molecule has 2 aromatic rings. The molecule has 0 spiro atoms. The molecule has 0 aromatic heterocycles. The van der Waals surface area contributed by atoms with E-state index in [0.29, 0.717) is 6.42 Å². The number of rotatable bonds is 6. The molecule has 0 bridgehead atoms. The van der Waals surface area contributed by atoms with Crippen LogP contribution >= 0.6 is 0 Å². The number of ether oxygens (including phenoxy) is 2. The lowest BCUT2D eigenvalue weighted by Crippen LogP contribution is -2.32. The topological polar surface area (TPSA) is 47.6 Å². The average molecular weight is 339 g/mol. The molecular formula is C21H25NO3. The number of fused-ring (bicyclic) bond motifs is 1. The predicted molar refractivity (Wildman–Crippen MR) is 99.4 cm³/mol. The number of anilines is 1. The lowest BCUT2D eigenvalue weighted by molar-refractivity contribution is -0.122. The number of methoxy groups -OCH3 is 1. The molecule has 1 atom stereocenters. The van der Waals surface area contributed by atoms with Crippen LogP contribution in [0.3, 0.4) is 0 Å². The molecule has 1 aliphatic rings. The zero-order valence-electron chi connectivity index (χ0n) is 14.9. The fourth-order valence-electron chi connectivity index (χ4n) is 3.17. The lowest BCUT2D eigenvalue weighted by atomic mass is 9.92. The van der Waals surface area contributed by atoms with E-state index in [-0.39, 0.29) is 5.91 Å². The van der Waals surface area contributed by atoms with Crippen LogP contribution in [0.5, 0.6) is 11.5 Å². The van der Waals surface area contributed by atoms with Gasteiger partial charge in [0, 0.05) is 5.69 Å². The Kier molecular flexibility index (Phi) is 5.59. The Morgan fingerprint density at radius 3 is 2.40 bits per heavy atom. The van der Waals surface area contributed by atoms with E-state index in [1.807, 2.05) is 37.3 Å². The highest BCUT2D eigenvalue weighted by Gasteiger charge is 2.19. The number of amides is 1. The number of hydrogen-bond donors (Lipinski definition) is 1. The first kappa shape index (κ1) is 17.3. The van der Waals surface area contributed by atoms with Crippen molar-refractivity contribution in [2.24, 2.45) is 0 Å². The molecule has 0 saturated heterocycles. The minimum absolute atomic E-state index is 0.134. The van der Waals surface area contributed by atoms with E-state index in [9.17, 15) is 4.79 Å². The molecule has 25 heavy (non-hydrogen) atoms. The van der Waals surface area contributed by atoms with Gasteiger partial charge >= 0.3 is 0 Å². The van der Waals surface area contributed by atoms with E-state index in [2.05, 4.69) is 17.4 Å². The molecule has 0 fully saturated rings. The third-order valence-corrected chi connectivity index (χ3v) is 4.62. The Morgan fingerprint density at radius 1 is 1.04 bits per heavy atom. The van der Waals surface area contributed by atoms with Gasteiger partial charge in [-0.25, -0.2) is 0 Å². The second-order valence-corrected chi connectivity index (χ2v) is 6.37. The predicted octanol–water partition coefficient (Wildman–Crippen LogP) is 4.37. The minimum atomic E-state index is -0.510. The van der Waals surface area contributed by atoms with E-state index in [1.54, 1.807) is 7.11 Å². The van der Waals surface area contributed by atoms with Crippen molar-refractivity contribution in [1.29, 1.82) is 0 Å². The number of benzene rings is 2. The Bertz CT molecular complexity index is 724. The summed E-state index contributed by atoms with van der Waals surface area (Å²) in [6.45, 7) is 1.96. The maximum atomic E-state index is 12.5. The summed E-state index contributed by atoms with van der Waals surface area (Å²) < 4.78 is 11.1. The van der Waals surface area contributed by atoms with Gasteiger partial charge in [-0.2, -0.15) is 0 Å². The number of carbonyl (C=O) groups is 1. The van der Waals surface area contributed by atoms with Gasteiger partial charge in [-0.1, -0.05) is 13.0 Å². The molecule has 132 valence electrons. The van der Waals surface area contributed by atoms with Crippen molar-refractivity contribution in [3.63, 3.8) is 0 Å². The van der Waals surface area contributed by atoms with Crippen molar-refractivity contribution in [3.05, 3.63) is 53.6 Å². The van der Waals surface area contributed by atoms with Crippen LogP contribution in [0.2, 0.25) is 0 Å². The summed E-state index contributed by atoms with van der Waals surface area (Å²) in [5.41, 5.74) is 3.50. The van der Waals surface area contributed by atoms with Gasteiger partial charge in [0.2, 0.25) is 0 Å². The van der Waals surface area contributed by atoms with Crippen molar-refractivity contribution >= 4 is 11.6 Å². The molecule has 3 rings (SSSR count). The van der Waals surface area contributed by atoms with Crippen LogP contribution in [0.15, 0.2) is 42.5 Å². The molecule has 0 saturated carbocycles. The van der Waals surface area contributed by atoms with E-state index >= 15 is 0 Å². The molecule has 0 aliphatic heterocycles. The average Bonchev–Trinajstić information content (AvgIpc) is 2.66. The second kappa shape index (κ2) is 8.06. The Labute approximate surface area is 149 Å². The van der Waals surface area contributed by atoms with E-state index in [0.717, 1.165) is 30.0 Å². The van der Waals surface area contributed by atoms with E-state index in [4.69, 9.17) is 9.47 Å². The van der Waals surface area contributed by atoms with Crippen molar-refractivity contribution < 1.29 is 14.3 Å². The van der Waals surface area contributed by atoms with Crippen molar-refractivity contribution in [2.75, 3.05) is 12.4 Å². The van der Waals surface area contributed by atoms with Gasteiger partial charge in [-0.15, -0.1) is 0 Å². The number of carbonyl (C=O) groups excluding carboxylic acids is 1. The van der Waals surface area contributed by atoms with Crippen LogP contribution in [0.1, 0.15) is 37.3 Å². The first-order valence-electron chi connectivity index (χ1n) is 8.93. The Morgan fingerprint density at radius 2 is 1.72 bits per heavy atom. The van der Waals surface area contributed by atoms with Crippen LogP contribution < -0.4 is 14.8 Å². The molecule has 1 N–H and O–H groups in total. The Balaban J connectivity index is 1.65. The van der Waals surface area contributed by atoms with Gasteiger partial charge in [0.15, 0.2) is 6.10 Å². The monoisotopic (exact) mass is 339 g/mol. The molecule has 1 aliphatic carbocycles. The van der Waals surface area contributed by atoms with Crippen LogP contribution in [0, 0.1) is 0 Å². The first-order valence-corrected chi connectivity index (χ1v) is 8.93. The summed E-state index contributed by atoms with van der Waals surface area (Å²) >= 11 is 0. The summed E-state index contributed by atoms with van der Waals surface area (Å²) in [4.78, 5) is 12.5. The zero-order chi connectivity index (χ0) is 17.6. The fourth-order valence-corrected chi connectivity index (χ4v) is 3.17. The van der Waals surface area contributed by atoms with Gasteiger partial charge in [0.05, 0.1) is 7.11 Å². The lowest BCUT2D eigenvalue weighted by Gasteiger charge is -2.20. The number of hydrogen-bond acceptors (Lipinski definition) is 3. The normalized spacial score (nSPS) is 14.3. The van der Waals surface area contributed by atoms with Crippen molar-refractivity contribution in [2.45, 2.75) is 45.1 Å². The number of aryl methyl sites for hydroxylation is 2. The van der Waals surface area contributed by atoms with Gasteiger partial charge in [-0.3, -0.25) is 4.79 Å². The quantitative estimate of drug-likeness (QED) is 0.850. The molecule has 0 radical (unpaired) electrons. The largest absolute Gasteiger partial charge is 0.497 e. The van der Waals surface area contributed by atoms with Crippen LogP contribution in [0.4, 0.5) is 5.69 Å². The molecule has 4 nitrogen and oxygen atoms in total. The van der Waals surface area contributed by atoms with Crippen LogP contribution in [-0.4, -0.2) is 19.1 Å². The molecule has 1 amide bonds. The van der Waals surface area contributed by atoms with Gasteiger partial charge < -0.3 is 14.8 Å². The SMILES string of the molecule is CC[C@@H](Oc1ccc2c(c1)CCCC2)C(=O)Nc1ccc(OC)cc1. The third kappa shape index (κ3) is 4.32. The minimum Gasteiger partial charge on any atom is -0.497 e. The highest BCUT2D eigenvalue weighted by atomic mass is 16.5. The summed E-state index contributed by atoms with van der Waals surface area (Å²) in [7, 11) is 1.62. The Hall–Kier alpha value is -2.49. The fraction of sp³-hybridized carbons (Fsp3) is 0.381. The van der Waals surface area contributed by atoms with Crippen molar-refractivity contribution in [1.82, 2.24) is 0 Å². The maximum Gasteiger partial charge on any atom is 0.265 e. The standard InChI is InChI=1S/C21H25NO3/c1-3-20(21(23)22-17-9-12-18(24-2)13-10-17)25-19-11-8-15-6-4-5-7-16(15)14-19/h8-14,20H,3-7H2,1-2H3,(H,22,23)/t20-/m1/s1. The van der Waals surface area contributed by atoms with Gasteiger partial charge in [0.1, 0.15) is 11.5 Å². The summed E-state index contributed by atoms with van der Waals surface area (Å²) in [5.74, 6) is 1.40. The molecule has 0 unspecified atom stereocenters. The zero-order valence-corrected chi connectivity index (χ0v) is 14.9. The van der Waals surface area contributed by atoms with Gasteiger partial charge in [-0.05, 0) is 79.6 Å². The molecule has 2 aromatic carbocycles.